The molecule has 0 radical (unpaired) electrons. The second-order valence-electron chi connectivity index (χ2n) is 9.35. The van der Waals surface area contributed by atoms with Crippen LogP contribution in [0.2, 0.25) is 0 Å². The first-order chi connectivity index (χ1) is 17.7. The lowest BCUT2D eigenvalue weighted by molar-refractivity contribution is 0.0466. The van der Waals surface area contributed by atoms with Crippen molar-refractivity contribution < 1.29 is 23.4 Å². The van der Waals surface area contributed by atoms with Crippen molar-refractivity contribution in [3.05, 3.63) is 54.7 Å². The zero-order valence-electron chi connectivity index (χ0n) is 21.2. The number of anilines is 1. The SMILES string of the molecule is COCCOC(=O)N(CCn1cc(-c2cc3nccc(Oc4ccc(N)cc4F)c3s2)cn1)C(C)(C)C. The average molecular weight is 528 g/mol. The number of carbonyl (C=O) groups is 1. The van der Waals surface area contributed by atoms with E-state index in [0.29, 0.717) is 31.1 Å². The van der Waals surface area contributed by atoms with Gasteiger partial charge in [-0.25, -0.2) is 9.18 Å². The summed E-state index contributed by atoms with van der Waals surface area (Å²) in [6.07, 6.45) is 4.92. The number of fused-ring (bicyclic) bond motifs is 1. The number of benzene rings is 1. The van der Waals surface area contributed by atoms with Crippen molar-refractivity contribution in [1.29, 1.82) is 0 Å². The summed E-state index contributed by atoms with van der Waals surface area (Å²) in [6, 6.07) is 7.97. The molecule has 0 saturated heterocycles. The van der Waals surface area contributed by atoms with Gasteiger partial charge in [0.1, 0.15) is 12.4 Å². The first kappa shape index (κ1) is 26.4. The van der Waals surface area contributed by atoms with Gasteiger partial charge in [0.25, 0.3) is 0 Å². The number of nitrogen functional groups attached to an aromatic ring is 1. The number of carbonyl (C=O) groups excluding carboxylic acids is 1. The second-order valence-corrected chi connectivity index (χ2v) is 10.4. The largest absolute Gasteiger partial charge is 0.453 e. The van der Waals surface area contributed by atoms with Crippen molar-refractivity contribution in [2.24, 2.45) is 0 Å². The van der Waals surface area contributed by atoms with E-state index in [1.165, 1.54) is 23.5 Å². The van der Waals surface area contributed by atoms with Crippen LogP contribution in [-0.2, 0) is 16.0 Å². The number of rotatable bonds is 9. The van der Waals surface area contributed by atoms with Crippen LogP contribution in [-0.4, -0.2) is 58.2 Å². The molecule has 0 bridgehead atoms. The maximum atomic E-state index is 14.3. The predicted octanol–water partition coefficient (Wildman–Crippen LogP) is 5.56. The van der Waals surface area contributed by atoms with Gasteiger partial charge in [0, 0.05) is 59.8 Å². The maximum Gasteiger partial charge on any atom is 0.410 e. The van der Waals surface area contributed by atoms with E-state index in [9.17, 15) is 9.18 Å². The molecule has 11 heteroatoms. The zero-order valence-corrected chi connectivity index (χ0v) is 22.0. The molecule has 1 aromatic carbocycles. The molecule has 0 fully saturated rings. The molecular weight excluding hydrogens is 497 g/mol. The fourth-order valence-electron chi connectivity index (χ4n) is 3.66. The van der Waals surface area contributed by atoms with Gasteiger partial charge in [-0.2, -0.15) is 5.10 Å². The molecule has 4 aromatic rings. The van der Waals surface area contributed by atoms with E-state index in [-0.39, 0.29) is 12.4 Å². The summed E-state index contributed by atoms with van der Waals surface area (Å²) in [4.78, 5) is 19.6. The van der Waals surface area contributed by atoms with Gasteiger partial charge < -0.3 is 24.8 Å². The molecule has 37 heavy (non-hydrogen) atoms. The van der Waals surface area contributed by atoms with Gasteiger partial charge in [-0.3, -0.25) is 9.67 Å². The van der Waals surface area contributed by atoms with Crippen LogP contribution in [0.1, 0.15) is 20.8 Å². The van der Waals surface area contributed by atoms with E-state index in [0.717, 1.165) is 20.7 Å². The normalized spacial score (nSPS) is 11.6. The lowest BCUT2D eigenvalue weighted by atomic mass is 10.1. The van der Waals surface area contributed by atoms with Crippen molar-refractivity contribution in [3.8, 4) is 21.9 Å². The molecule has 9 nitrogen and oxygen atoms in total. The Hall–Kier alpha value is -3.70. The summed E-state index contributed by atoms with van der Waals surface area (Å²) in [6.45, 7) is 7.33. The van der Waals surface area contributed by atoms with Gasteiger partial charge in [0.15, 0.2) is 11.6 Å². The van der Waals surface area contributed by atoms with Crippen molar-refractivity contribution in [2.45, 2.75) is 32.9 Å². The van der Waals surface area contributed by atoms with Crippen LogP contribution in [0.15, 0.2) is 48.9 Å². The molecule has 3 heterocycles. The minimum Gasteiger partial charge on any atom is -0.453 e. The van der Waals surface area contributed by atoms with Gasteiger partial charge in [0.05, 0.1) is 29.6 Å². The van der Waals surface area contributed by atoms with Crippen molar-refractivity contribution in [2.75, 3.05) is 32.6 Å². The third kappa shape index (κ3) is 6.36. The predicted molar refractivity (Wildman–Crippen MR) is 141 cm³/mol. The van der Waals surface area contributed by atoms with Crippen LogP contribution >= 0.6 is 11.3 Å². The number of nitrogens with zero attached hydrogens (tertiary/aromatic N) is 4. The van der Waals surface area contributed by atoms with Crippen LogP contribution in [0, 0.1) is 5.82 Å². The van der Waals surface area contributed by atoms with Gasteiger partial charge >= 0.3 is 6.09 Å². The number of ether oxygens (including phenoxy) is 3. The van der Waals surface area contributed by atoms with Gasteiger partial charge in [-0.1, -0.05) is 0 Å². The minimum absolute atomic E-state index is 0.0913. The van der Waals surface area contributed by atoms with E-state index in [1.807, 2.05) is 33.0 Å². The topological polar surface area (TPSA) is 105 Å². The molecule has 1 amide bonds. The standard InChI is InChI=1S/C26H30FN5O4S/c1-26(2,3)32(25(33)35-12-11-34-4)10-9-31-16-17(15-30-31)23-14-20-24(37-23)22(7-8-29-20)36-21-6-5-18(28)13-19(21)27/h5-8,13-16H,9-12,28H2,1-4H3. The molecule has 3 aromatic heterocycles. The van der Waals surface area contributed by atoms with Crippen LogP contribution < -0.4 is 10.5 Å². The Morgan fingerprint density at radius 1 is 1.19 bits per heavy atom. The Kier molecular flexibility index (Phi) is 7.94. The molecule has 2 N–H and O–H groups in total. The number of pyridine rings is 1. The van der Waals surface area contributed by atoms with E-state index in [2.05, 4.69) is 10.1 Å². The highest BCUT2D eigenvalue weighted by molar-refractivity contribution is 7.22. The number of amides is 1. The molecule has 0 atom stereocenters. The third-order valence-corrected chi connectivity index (χ3v) is 6.75. The molecular formula is C26H30FN5O4S. The molecule has 4 rings (SSSR count). The monoisotopic (exact) mass is 527 g/mol. The highest BCUT2D eigenvalue weighted by Gasteiger charge is 2.27. The third-order valence-electron chi connectivity index (χ3n) is 5.57. The highest BCUT2D eigenvalue weighted by Crippen LogP contribution is 2.39. The lowest BCUT2D eigenvalue weighted by Gasteiger charge is -2.34. The Bertz CT molecular complexity index is 1380. The van der Waals surface area contributed by atoms with Crippen LogP contribution in [0.5, 0.6) is 11.5 Å². The number of halogens is 1. The Morgan fingerprint density at radius 2 is 2.00 bits per heavy atom. The molecule has 0 unspecified atom stereocenters. The molecule has 0 spiro atoms. The number of hydrogen-bond acceptors (Lipinski definition) is 8. The quantitative estimate of drug-likeness (QED) is 0.225. The summed E-state index contributed by atoms with van der Waals surface area (Å²) in [5.74, 6) is 0.0635. The van der Waals surface area contributed by atoms with Gasteiger partial charge in [-0.05, 0) is 39.0 Å². The molecule has 196 valence electrons. The fraction of sp³-hybridized carbons (Fsp3) is 0.346. The summed E-state index contributed by atoms with van der Waals surface area (Å²) in [7, 11) is 1.56. The lowest BCUT2D eigenvalue weighted by Crippen LogP contribution is -2.47. The van der Waals surface area contributed by atoms with Crippen molar-refractivity contribution in [1.82, 2.24) is 19.7 Å². The first-order valence-electron chi connectivity index (χ1n) is 11.7. The number of aromatic nitrogens is 3. The highest BCUT2D eigenvalue weighted by atomic mass is 32.1. The van der Waals surface area contributed by atoms with Crippen LogP contribution in [0.4, 0.5) is 14.9 Å². The Labute approximate surface area is 218 Å². The smallest absolute Gasteiger partial charge is 0.410 e. The van der Waals surface area contributed by atoms with E-state index in [1.54, 1.807) is 41.2 Å². The number of thiophene rings is 1. The number of methoxy groups -OCH3 is 1. The first-order valence-corrected chi connectivity index (χ1v) is 12.5. The molecule has 0 saturated carbocycles. The minimum atomic E-state index is -0.533. The van der Waals surface area contributed by atoms with Gasteiger partial charge in [0.2, 0.25) is 0 Å². The number of hydrogen-bond donors (Lipinski definition) is 1. The van der Waals surface area contributed by atoms with E-state index < -0.39 is 17.4 Å². The van der Waals surface area contributed by atoms with Crippen molar-refractivity contribution in [3.63, 3.8) is 0 Å². The van der Waals surface area contributed by atoms with Gasteiger partial charge in [-0.15, -0.1) is 11.3 Å². The Balaban J connectivity index is 1.49. The summed E-state index contributed by atoms with van der Waals surface area (Å²) >= 11 is 1.48. The summed E-state index contributed by atoms with van der Waals surface area (Å²) in [5, 5.41) is 4.47. The summed E-state index contributed by atoms with van der Waals surface area (Å²) in [5.41, 5.74) is 7.18. The van der Waals surface area contributed by atoms with Crippen LogP contribution in [0.3, 0.4) is 0 Å². The zero-order chi connectivity index (χ0) is 26.6. The Morgan fingerprint density at radius 3 is 2.73 bits per heavy atom. The van der Waals surface area contributed by atoms with E-state index >= 15 is 0 Å². The maximum absolute atomic E-state index is 14.3. The second kappa shape index (κ2) is 11.1. The van der Waals surface area contributed by atoms with Crippen molar-refractivity contribution >= 4 is 33.3 Å². The average Bonchev–Trinajstić information content (AvgIpc) is 3.48. The van der Waals surface area contributed by atoms with Crippen LogP contribution in [0.25, 0.3) is 20.7 Å². The molecule has 0 aliphatic heterocycles. The molecule has 0 aliphatic carbocycles. The van der Waals surface area contributed by atoms with E-state index in [4.69, 9.17) is 19.9 Å². The fourth-order valence-corrected chi connectivity index (χ4v) is 4.70. The molecule has 0 aliphatic rings. The number of nitrogens with two attached hydrogens (primary N) is 1. The summed E-state index contributed by atoms with van der Waals surface area (Å²) < 4.78 is 33.0.